The summed E-state index contributed by atoms with van der Waals surface area (Å²) in [7, 11) is 0. The first-order valence-corrected chi connectivity index (χ1v) is 4.54. The van der Waals surface area contributed by atoms with Crippen LogP contribution in [0.2, 0.25) is 0 Å². The van der Waals surface area contributed by atoms with E-state index in [1.54, 1.807) is 18.2 Å². The van der Waals surface area contributed by atoms with Crippen molar-refractivity contribution in [2.75, 3.05) is 0 Å². The minimum atomic E-state index is -0.122. The Balaban J connectivity index is 3.06. The predicted octanol–water partition coefficient (Wildman–Crippen LogP) is 2.12. The van der Waals surface area contributed by atoms with E-state index in [0.717, 1.165) is 0 Å². The van der Waals surface area contributed by atoms with Crippen LogP contribution in [-0.2, 0) is 0 Å². The number of carbonyl (C=O) groups excluding carboxylic acids is 2. The van der Waals surface area contributed by atoms with Crippen molar-refractivity contribution in [2.24, 2.45) is 5.92 Å². The van der Waals surface area contributed by atoms with Gasteiger partial charge in [-0.3, -0.25) is 9.59 Å². The number of pyridine rings is 1. The highest BCUT2D eigenvalue weighted by Gasteiger charge is 2.12. The molecule has 0 N–H and O–H groups in total. The molecule has 0 saturated heterocycles. The smallest absolute Gasteiger partial charge is 0.183 e. The minimum absolute atomic E-state index is 0.0342. The molecular formula is C11H13NO2. The summed E-state index contributed by atoms with van der Waals surface area (Å²) in [6.45, 7) is 5.06. The van der Waals surface area contributed by atoms with E-state index in [2.05, 4.69) is 4.98 Å². The van der Waals surface area contributed by atoms with Crippen molar-refractivity contribution in [3.8, 4) is 0 Å². The number of rotatable bonds is 3. The molecule has 3 heteroatoms. The van der Waals surface area contributed by atoms with Crippen molar-refractivity contribution in [1.82, 2.24) is 4.98 Å². The molecule has 0 atom stereocenters. The Morgan fingerprint density at radius 2 is 1.79 bits per heavy atom. The Morgan fingerprint density at radius 1 is 1.21 bits per heavy atom. The molecule has 74 valence electrons. The lowest BCUT2D eigenvalue weighted by molar-refractivity contribution is 0.0934. The van der Waals surface area contributed by atoms with Gasteiger partial charge in [-0.05, 0) is 12.1 Å². The van der Waals surface area contributed by atoms with Crippen LogP contribution in [0.4, 0.5) is 0 Å². The maximum absolute atomic E-state index is 11.5. The predicted molar refractivity (Wildman–Crippen MR) is 53.4 cm³/mol. The van der Waals surface area contributed by atoms with Gasteiger partial charge in [0.05, 0.1) is 0 Å². The second kappa shape index (κ2) is 4.13. The first kappa shape index (κ1) is 10.6. The van der Waals surface area contributed by atoms with E-state index in [4.69, 9.17) is 0 Å². The third kappa shape index (κ3) is 2.25. The molecule has 1 rings (SSSR count). The van der Waals surface area contributed by atoms with Gasteiger partial charge in [-0.2, -0.15) is 0 Å². The lowest BCUT2D eigenvalue weighted by Crippen LogP contribution is -2.11. The quantitative estimate of drug-likeness (QED) is 0.687. The molecular weight excluding hydrogens is 178 g/mol. The fraction of sp³-hybridized carbons (Fsp3) is 0.364. The van der Waals surface area contributed by atoms with Crippen LogP contribution in [0.5, 0.6) is 0 Å². The Labute approximate surface area is 83.2 Å². The first-order chi connectivity index (χ1) is 6.52. The fourth-order valence-corrected chi connectivity index (χ4v) is 1.06. The van der Waals surface area contributed by atoms with E-state index in [1.807, 2.05) is 13.8 Å². The van der Waals surface area contributed by atoms with Crippen LogP contribution < -0.4 is 0 Å². The molecule has 0 bridgehead atoms. The van der Waals surface area contributed by atoms with Gasteiger partial charge in [0.25, 0.3) is 0 Å². The Morgan fingerprint density at radius 3 is 2.29 bits per heavy atom. The highest BCUT2D eigenvalue weighted by Crippen LogP contribution is 2.07. The van der Waals surface area contributed by atoms with E-state index >= 15 is 0 Å². The van der Waals surface area contributed by atoms with Crippen LogP contribution in [0.1, 0.15) is 41.7 Å². The zero-order chi connectivity index (χ0) is 10.7. The highest BCUT2D eigenvalue weighted by molar-refractivity contribution is 5.98. The molecule has 0 aliphatic heterocycles. The molecule has 0 unspecified atom stereocenters. The van der Waals surface area contributed by atoms with Gasteiger partial charge in [0.2, 0.25) is 0 Å². The molecule has 0 fully saturated rings. The summed E-state index contributed by atoms with van der Waals surface area (Å²) in [5.74, 6) is -0.249. The number of hydrogen-bond donors (Lipinski definition) is 0. The van der Waals surface area contributed by atoms with Crippen LogP contribution in [0, 0.1) is 5.92 Å². The first-order valence-electron chi connectivity index (χ1n) is 4.54. The molecule has 1 aromatic heterocycles. The Bertz CT molecular complexity index is 369. The third-order valence-corrected chi connectivity index (χ3v) is 1.89. The zero-order valence-corrected chi connectivity index (χ0v) is 8.57. The number of carbonyl (C=O) groups is 2. The molecule has 0 spiro atoms. The highest BCUT2D eigenvalue weighted by atomic mass is 16.1. The van der Waals surface area contributed by atoms with Crippen molar-refractivity contribution in [1.29, 1.82) is 0 Å². The van der Waals surface area contributed by atoms with E-state index in [-0.39, 0.29) is 17.5 Å². The zero-order valence-electron chi connectivity index (χ0n) is 8.57. The summed E-state index contributed by atoms with van der Waals surface area (Å²) in [6, 6.07) is 4.92. The molecule has 0 aliphatic carbocycles. The van der Waals surface area contributed by atoms with Gasteiger partial charge in [-0.1, -0.05) is 19.9 Å². The van der Waals surface area contributed by atoms with Crippen molar-refractivity contribution >= 4 is 11.6 Å². The number of aromatic nitrogens is 1. The van der Waals surface area contributed by atoms with E-state index in [0.29, 0.717) is 11.4 Å². The summed E-state index contributed by atoms with van der Waals surface area (Å²) >= 11 is 0. The van der Waals surface area contributed by atoms with E-state index in [9.17, 15) is 9.59 Å². The van der Waals surface area contributed by atoms with Gasteiger partial charge in [-0.25, -0.2) is 4.98 Å². The van der Waals surface area contributed by atoms with Gasteiger partial charge in [-0.15, -0.1) is 0 Å². The van der Waals surface area contributed by atoms with Crippen molar-refractivity contribution in [2.45, 2.75) is 20.8 Å². The van der Waals surface area contributed by atoms with Crippen LogP contribution in [-0.4, -0.2) is 16.6 Å². The second-order valence-corrected chi connectivity index (χ2v) is 3.48. The summed E-state index contributed by atoms with van der Waals surface area (Å²) < 4.78 is 0. The average molecular weight is 191 g/mol. The number of ketones is 2. The molecule has 0 radical (unpaired) electrons. The molecule has 0 aromatic carbocycles. The average Bonchev–Trinajstić information content (AvgIpc) is 2.16. The van der Waals surface area contributed by atoms with Crippen molar-refractivity contribution < 1.29 is 9.59 Å². The van der Waals surface area contributed by atoms with Gasteiger partial charge >= 0.3 is 0 Å². The van der Waals surface area contributed by atoms with E-state index in [1.165, 1.54) is 6.92 Å². The summed E-state index contributed by atoms with van der Waals surface area (Å²) in [5, 5.41) is 0. The SMILES string of the molecule is CC(=O)c1cccc(C(=O)C(C)C)n1. The number of nitrogens with zero attached hydrogens (tertiary/aromatic N) is 1. The lowest BCUT2D eigenvalue weighted by atomic mass is 10.1. The third-order valence-electron chi connectivity index (χ3n) is 1.89. The van der Waals surface area contributed by atoms with Crippen LogP contribution in [0.3, 0.4) is 0 Å². The molecule has 0 amide bonds. The summed E-state index contributed by atoms with van der Waals surface area (Å²) in [4.78, 5) is 26.6. The maximum atomic E-state index is 11.5. The lowest BCUT2D eigenvalue weighted by Gasteiger charge is -2.03. The largest absolute Gasteiger partial charge is 0.293 e. The molecule has 0 saturated carbocycles. The van der Waals surface area contributed by atoms with Crippen molar-refractivity contribution in [3.63, 3.8) is 0 Å². The molecule has 14 heavy (non-hydrogen) atoms. The summed E-state index contributed by atoms with van der Waals surface area (Å²) in [5.41, 5.74) is 0.712. The molecule has 0 aliphatic rings. The van der Waals surface area contributed by atoms with Crippen LogP contribution >= 0.6 is 0 Å². The maximum Gasteiger partial charge on any atom is 0.183 e. The minimum Gasteiger partial charge on any atom is -0.293 e. The monoisotopic (exact) mass is 191 g/mol. The van der Waals surface area contributed by atoms with Gasteiger partial charge < -0.3 is 0 Å². The van der Waals surface area contributed by atoms with Gasteiger partial charge in [0.1, 0.15) is 11.4 Å². The topological polar surface area (TPSA) is 47.0 Å². The molecule has 3 nitrogen and oxygen atoms in total. The Hall–Kier alpha value is -1.51. The second-order valence-electron chi connectivity index (χ2n) is 3.48. The van der Waals surface area contributed by atoms with Crippen LogP contribution in [0.25, 0.3) is 0 Å². The van der Waals surface area contributed by atoms with Crippen LogP contribution in [0.15, 0.2) is 18.2 Å². The van der Waals surface area contributed by atoms with E-state index < -0.39 is 0 Å². The molecule has 1 heterocycles. The van der Waals surface area contributed by atoms with Gasteiger partial charge in [0.15, 0.2) is 11.6 Å². The number of hydrogen-bond acceptors (Lipinski definition) is 3. The fourth-order valence-electron chi connectivity index (χ4n) is 1.06. The van der Waals surface area contributed by atoms with Gasteiger partial charge in [0, 0.05) is 12.8 Å². The number of Topliss-reactive ketones (excluding diaryl/α,β-unsaturated/α-hetero) is 2. The summed E-state index contributed by atoms with van der Waals surface area (Å²) in [6.07, 6.45) is 0. The van der Waals surface area contributed by atoms with Crippen molar-refractivity contribution in [3.05, 3.63) is 29.6 Å². The molecule has 1 aromatic rings. The standard InChI is InChI=1S/C11H13NO2/c1-7(2)11(14)10-6-4-5-9(12-10)8(3)13/h4-7H,1-3H3. The Kier molecular flexibility index (Phi) is 3.12. The normalized spacial score (nSPS) is 10.3.